The van der Waals surface area contributed by atoms with Gasteiger partial charge in [0, 0.05) is 0 Å². The molecule has 39 heavy (non-hydrogen) atoms. The first-order valence-corrected chi connectivity index (χ1v) is 10.3. The molecule has 0 saturated heterocycles. The molecule has 0 bridgehead atoms. The molecule has 0 aromatic carbocycles. The molecule has 0 aliphatic heterocycles. The predicted octanol–water partition coefficient (Wildman–Crippen LogP) is -13.0. The van der Waals surface area contributed by atoms with E-state index in [2.05, 4.69) is 4.74 Å². The fourth-order valence-electron chi connectivity index (χ4n) is 2.29. The van der Waals surface area contributed by atoms with Crippen molar-refractivity contribution in [2.45, 2.75) is 73.2 Å². The van der Waals surface area contributed by atoms with Crippen LogP contribution in [0.25, 0.3) is 0 Å². The van der Waals surface area contributed by atoms with Crippen LogP contribution in [0.1, 0.15) is 0 Å². The van der Waals surface area contributed by atoms with Gasteiger partial charge < -0.3 is 96.0 Å². The standard InChI is InChI=1S/C12H22O13.C6H12O7.Ca/c13-1-3(15)5(17)7(19)9(21)12(24)25-10(11(22)23)8(20)6(18)4(16)2-14;7-1-2(8)3(9)4(10)5(11)6(12)13;/h3-10,13-21H,1-2H2,(H,22,23);2-5,7-11H,1H2,(H,12,13);/q;;+2/p-2/t3-,4-,5-,6-,7+,8+,9-,10-;2-,3-,4+,5-;/m11./s1. The third kappa shape index (κ3) is 14.0. The monoisotopic (exact) mass is 608 g/mol. The maximum atomic E-state index is 11.6. The van der Waals surface area contributed by atoms with Gasteiger partial charge in [0.2, 0.25) is 0 Å². The second-order valence-corrected chi connectivity index (χ2v) is 7.58. The number of ether oxygens (including phenoxy) is 1. The minimum Gasteiger partial charge on any atom is -0.547 e. The van der Waals surface area contributed by atoms with Gasteiger partial charge in [0.05, 0.1) is 31.8 Å². The SMILES string of the molecule is O=C(O[C@@H](C(=O)[O-])[C@@H](O)[C@H](O)[C@H](O)CO)[C@H](O)[C@@H](O)[C@H](O)[C@H](O)CO.O=C([O-])[C@H](O)[C@@H](O)[C@H](O)[C@H](O)CO.[Ca+2]. The van der Waals surface area contributed by atoms with Crippen LogP contribution in [0, 0.1) is 0 Å². The Morgan fingerprint density at radius 2 is 0.821 bits per heavy atom. The first-order chi connectivity index (χ1) is 17.4. The molecule has 21 heteroatoms. The van der Waals surface area contributed by atoms with E-state index >= 15 is 0 Å². The molecular weight excluding hydrogens is 576 g/mol. The molecule has 0 aromatic rings. The summed E-state index contributed by atoms with van der Waals surface area (Å²) in [6.45, 7) is -2.97. The molecule has 0 unspecified atom stereocenters. The number of aliphatic hydroxyl groups excluding tert-OH is 14. The number of carboxylic acid groups (broad SMARTS) is 2. The van der Waals surface area contributed by atoms with Crippen LogP contribution < -0.4 is 10.2 Å². The van der Waals surface area contributed by atoms with Gasteiger partial charge in [-0.2, -0.15) is 0 Å². The number of esters is 1. The predicted molar refractivity (Wildman–Crippen MR) is 113 cm³/mol. The Morgan fingerprint density at radius 3 is 1.10 bits per heavy atom. The van der Waals surface area contributed by atoms with E-state index in [-0.39, 0.29) is 37.7 Å². The van der Waals surface area contributed by atoms with E-state index in [4.69, 9.17) is 46.0 Å². The third-order valence-electron chi connectivity index (χ3n) is 4.71. The van der Waals surface area contributed by atoms with Gasteiger partial charge in [-0.05, 0) is 0 Å². The second-order valence-electron chi connectivity index (χ2n) is 7.58. The van der Waals surface area contributed by atoms with E-state index in [1.165, 1.54) is 0 Å². The Kier molecular flexibility index (Phi) is 22.8. The summed E-state index contributed by atoms with van der Waals surface area (Å²) in [7, 11) is 0. The molecule has 226 valence electrons. The largest absolute Gasteiger partial charge is 2.00 e. The molecule has 0 radical (unpaired) electrons. The van der Waals surface area contributed by atoms with Gasteiger partial charge in [-0.3, -0.25) is 0 Å². The molecule has 0 heterocycles. The molecule has 0 amide bonds. The van der Waals surface area contributed by atoms with Crippen molar-refractivity contribution in [3.8, 4) is 0 Å². The number of hydrogen-bond acceptors (Lipinski definition) is 20. The Labute approximate surface area is 248 Å². The Balaban J connectivity index is -0.000000783. The summed E-state index contributed by atoms with van der Waals surface area (Å²) >= 11 is 0. The van der Waals surface area contributed by atoms with Gasteiger partial charge in [0.1, 0.15) is 61.0 Å². The van der Waals surface area contributed by atoms with Crippen molar-refractivity contribution in [1.29, 1.82) is 0 Å². The van der Waals surface area contributed by atoms with Gasteiger partial charge in [-0.15, -0.1) is 0 Å². The van der Waals surface area contributed by atoms with Crippen molar-refractivity contribution in [3.05, 3.63) is 0 Å². The van der Waals surface area contributed by atoms with Gasteiger partial charge in [0.25, 0.3) is 0 Å². The summed E-state index contributed by atoms with van der Waals surface area (Å²) in [6.07, 6.45) is -26.6. The fourth-order valence-corrected chi connectivity index (χ4v) is 2.29. The number of rotatable bonds is 16. The molecule has 20 nitrogen and oxygen atoms in total. The topological polar surface area (TPSA) is 390 Å². The number of hydrogen-bond donors (Lipinski definition) is 14. The fraction of sp³-hybridized carbons (Fsp3) is 0.833. The summed E-state index contributed by atoms with van der Waals surface area (Å²) < 4.78 is 4.17. The van der Waals surface area contributed by atoms with E-state index < -0.39 is 111 Å². The molecule has 0 rings (SSSR count). The Hall–Kier alpha value is -0.890. The van der Waals surface area contributed by atoms with E-state index in [1.54, 1.807) is 0 Å². The summed E-state index contributed by atoms with van der Waals surface area (Å²) in [5.74, 6) is -6.12. The quantitative estimate of drug-likeness (QED) is 0.0571. The van der Waals surface area contributed by atoms with Crippen LogP contribution in [0.3, 0.4) is 0 Å². The summed E-state index contributed by atoms with van der Waals surface area (Å²) in [5, 5.41) is 147. The zero-order valence-corrected chi connectivity index (χ0v) is 22.2. The first-order valence-electron chi connectivity index (χ1n) is 10.3. The number of carboxylic acids is 2. The molecule has 0 aliphatic rings. The molecule has 0 fully saturated rings. The van der Waals surface area contributed by atoms with Crippen molar-refractivity contribution in [2.75, 3.05) is 19.8 Å². The van der Waals surface area contributed by atoms with Crippen LogP contribution >= 0.6 is 0 Å². The summed E-state index contributed by atoms with van der Waals surface area (Å²) in [4.78, 5) is 32.5. The molecule has 0 aliphatic carbocycles. The van der Waals surface area contributed by atoms with Crippen LogP contribution in [0.15, 0.2) is 0 Å². The molecule has 14 N–H and O–H groups in total. The molecule has 0 aromatic heterocycles. The summed E-state index contributed by atoms with van der Waals surface area (Å²) in [5.41, 5.74) is 0. The van der Waals surface area contributed by atoms with Crippen molar-refractivity contribution in [3.63, 3.8) is 0 Å². The van der Waals surface area contributed by atoms with Crippen LogP contribution in [0.5, 0.6) is 0 Å². The zero-order valence-electron chi connectivity index (χ0n) is 20.0. The molecule has 12 atom stereocenters. The van der Waals surface area contributed by atoms with Crippen LogP contribution in [0.2, 0.25) is 0 Å². The van der Waals surface area contributed by atoms with Crippen LogP contribution in [-0.4, -0.2) is 220 Å². The van der Waals surface area contributed by atoms with E-state index in [1.807, 2.05) is 0 Å². The normalized spacial score (nSPS) is 20.5. The number of aliphatic hydroxyl groups is 14. The average molecular weight is 609 g/mol. The van der Waals surface area contributed by atoms with Gasteiger partial charge in [0.15, 0.2) is 12.2 Å². The zero-order chi connectivity index (χ0) is 30.5. The van der Waals surface area contributed by atoms with Crippen molar-refractivity contribution in [1.82, 2.24) is 0 Å². The molecule has 0 saturated carbocycles. The third-order valence-corrected chi connectivity index (χ3v) is 4.71. The van der Waals surface area contributed by atoms with Crippen molar-refractivity contribution >= 4 is 55.6 Å². The Morgan fingerprint density at radius 1 is 0.513 bits per heavy atom. The van der Waals surface area contributed by atoms with Crippen LogP contribution in [0.4, 0.5) is 0 Å². The van der Waals surface area contributed by atoms with Crippen molar-refractivity contribution < 1.29 is 101 Å². The van der Waals surface area contributed by atoms with Gasteiger partial charge in [-0.1, -0.05) is 0 Å². The smallest absolute Gasteiger partial charge is 0.547 e. The second kappa shape index (κ2) is 20.9. The van der Waals surface area contributed by atoms with Crippen molar-refractivity contribution in [2.24, 2.45) is 0 Å². The van der Waals surface area contributed by atoms with Gasteiger partial charge in [-0.25, -0.2) is 4.79 Å². The molecule has 0 spiro atoms. The van der Waals surface area contributed by atoms with E-state index in [9.17, 15) is 50.1 Å². The minimum absolute atomic E-state index is 0. The summed E-state index contributed by atoms with van der Waals surface area (Å²) in [6, 6.07) is 0. The maximum Gasteiger partial charge on any atom is 2.00 e. The maximum absolute atomic E-state index is 11.6. The number of carbonyl (C=O) groups excluding carboxylic acids is 3. The number of aliphatic carboxylic acids is 2. The molecular formula is C18H32CaO20. The first kappa shape index (κ1) is 42.6. The number of carbonyl (C=O) groups is 3. The Bertz CT molecular complexity index is 712. The van der Waals surface area contributed by atoms with Gasteiger partial charge >= 0.3 is 43.7 Å². The minimum atomic E-state index is -2.62. The van der Waals surface area contributed by atoms with E-state index in [0.717, 1.165) is 0 Å². The van der Waals surface area contributed by atoms with E-state index in [0.29, 0.717) is 0 Å². The van der Waals surface area contributed by atoms with Crippen LogP contribution in [-0.2, 0) is 19.1 Å². The average Bonchev–Trinajstić information content (AvgIpc) is 2.90.